The highest BCUT2D eigenvalue weighted by atomic mass is 35.5. The molecule has 0 atom stereocenters. The lowest BCUT2D eigenvalue weighted by atomic mass is 10.2. The Labute approximate surface area is 171 Å². The molecule has 0 saturated heterocycles. The van der Waals surface area contributed by atoms with Crippen molar-refractivity contribution in [2.45, 2.75) is 20.4 Å². The molecule has 0 aliphatic carbocycles. The van der Waals surface area contributed by atoms with E-state index in [2.05, 4.69) is 18.7 Å². The number of nitrogens with zero attached hydrogens (tertiary/aromatic N) is 4. The van der Waals surface area contributed by atoms with Crippen molar-refractivity contribution in [3.63, 3.8) is 0 Å². The Balaban J connectivity index is 1.96. The molecular weight excluding hydrogens is 372 g/mol. The molecule has 28 heavy (non-hydrogen) atoms. The van der Waals surface area contributed by atoms with Crippen LogP contribution in [0.4, 0.5) is 11.5 Å². The van der Waals surface area contributed by atoms with Crippen LogP contribution in [0, 0.1) is 0 Å². The molecule has 3 rings (SSSR count). The van der Waals surface area contributed by atoms with E-state index in [1.807, 2.05) is 60.3 Å². The Bertz CT molecular complexity index is 932. The molecule has 0 aliphatic heterocycles. The Hall–Kier alpha value is -2.79. The lowest BCUT2D eigenvalue weighted by Crippen LogP contribution is -2.32. The molecule has 0 aliphatic rings. The van der Waals surface area contributed by atoms with Gasteiger partial charge in [-0.15, -0.1) is 0 Å². The Morgan fingerprint density at radius 1 is 1.04 bits per heavy atom. The van der Waals surface area contributed by atoms with Crippen molar-refractivity contribution < 1.29 is 4.79 Å². The van der Waals surface area contributed by atoms with Gasteiger partial charge in [-0.25, -0.2) is 4.98 Å². The summed E-state index contributed by atoms with van der Waals surface area (Å²) in [5, 5.41) is 0.636. The molecule has 6 heteroatoms. The van der Waals surface area contributed by atoms with Crippen LogP contribution >= 0.6 is 11.6 Å². The zero-order valence-corrected chi connectivity index (χ0v) is 17.2. The molecule has 0 spiro atoms. The Morgan fingerprint density at radius 3 is 2.36 bits per heavy atom. The molecular formula is C22H25ClN4O. The number of rotatable bonds is 7. The smallest absolute Gasteiger partial charge is 0.275 e. The van der Waals surface area contributed by atoms with Gasteiger partial charge in [0, 0.05) is 37.0 Å². The lowest BCUT2D eigenvalue weighted by molar-refractivity contribution is 0.0977. The number of amides is 1. The summed E-state index contributed by atoms with van der Waals surface area (Å²) < 4.78 is 1.82. The van der Waals surface area contributed by atoms with E-state index >= 15 is 0 Å². The van der Waals surface area contributed by atoms with Crippen molar-refractivity contribution >= 4 is 29.0 Å². The van der Waals surface area contributed by atoms with Crippen LogP contribution in [-0.2, 0) is 13.6 Å². The topological polar surface area (TPSA) is 41.4 Å². The molecule has 5 nitrogen and oxygen atoms in total. The summed E-state index contributed by atoms with van der Waals surface area (Å²) in [5.74, 6) is 0.842. The van der Waals surface area contributed by atoms with Crippen LogP contribution in [0.1, 0.15) is 30.0 Å². The number of aromatic nitrogens is 2. The SMILES string of the molecule is CCN(CC)c1cccc(CN(C(=O)c2cccn2C)c2ccc(Cl)cc2)n1. The van der Waals surface area contributed by atoms with Crippen LogP contribution in [0.3, 0.4) is 0 Å². The normalized spacial score (nSPS) is 10.7. The van der Waals surface area contributed by atoms with Crippen LogP contribution in [0.2, 0.25) is 5.02 Å². The van der Waals surface area contributed by atoms with Gasteiger partial charge in [0.1, 0.15) is 11.5 Å². The maximum Gasteiger partial charge on any atom is 0.275 e. The number of aryl methyl sites for hydroxylation is 1. The highest BCUT2D eigenvalue weighted by Crippen LogP contribution is 2.23. The van der Waals surface area contributed by atoms with E-state index in [-0.39, 0.29) is 5.91 Å². The number of carbonyl (C=O) groups excluding carboxylic acids is 1. The van der Waals surface area contributed by atoms with E-state index in [9.17, 15) is 4.79 Å². The Kier molecular flexibility index (Phi) is 6.37. The minimum atomic E-state index is -0.0788. The number of anilines is 2. The van der Waals surface area contributed by atoms with E-state index < -0.39 is 0 Å². The van der Waals surface area contributed by atoms with Gasteiger partial charge in [0.15, 0.2) is 0 Å². The second kappa shape index (κ2) is 8.93. The van der Waals surface area contributed by atoms with Crippen LogP contribution in [0.25, 0.3) is 0 Å². The van der Waals surface area contributed by atoms with Crippen molar-refractivity contribution in [1.29, 1.82) is 0 Å². The van der Waals surface area contributed by atoms with Gasteiger partial charge in [0.25, 0.3) is 5.91 Å². The maximum atomic E-state index is 13.3. The fraction of sp³-hybridized carbons (Fsp3) is 0.273. The number of benzene rings is 1. The minimum Gasteiger partial charge on any atom is -0.357 e. The first-order valence-electron chi connectivity index (χ1n) is 9.43. The van der Waals surface area contributed by atoms with Crippen molar-refractivity contribution in [3.05, 3.63) is 77.2 Å². The number of halogens is 1. The lowest BCUT2D eigenvalue weighted by Gasteiger charge is -2.24. The number of carbonyl (C=O) groups is 1. The van der Waals surface area contributed by atoms with Crippen LogP contribution < -0.4 is 9.80 Å². The molecule has 0 fully saturated rings. The van der Waals surface area contributed by atoms with Crippen LogP contribution in [-0.4, -0.2) is 28.5 Å². The Morgan fingerprint density at radius 2 is 1.75 bits per heavy atom. The molecule has 0 saturated carbocycles. The van der Waals surface area contributed by atoms with Gasteiger partial charge >= 0.3 is 0 Å². The molecule has 1 amide bonds. The largest absolute Gasteiger partial charge is 0.357 e. The molecule has 146 valence electrons. The third-order valence-electron chi connectivity index (χ3n) is 4.75. The van der Waals surface area contributed by atoms with Gasteiger partial charge < -0.3 is 14.4 Å². The molecule has 0 radical (unpaired) electrons. The number of hydrogen-bond acceptors (Lipinski definition) is 3. The molecule has 0 unspecified atom stereocenters. The van der Waals surface area contributed by atoms with Gasteiger partial charge in [-0.05, 0) is 62.4 Å². The standard InChI is InChI=1S/C22H25ClN4O/c1-4-26(5-2)21-10-6-8-18(24-21)16-27(19-13-11-17(23)12-14-19)22(28)20-9-7-15-25(20)3/h6-15H,4-5,16H2,1-3H3. The summed E-state index contributed by atoms with van der Waals surface area (Å²) >= 11 is 6.04. The van der Waals surface area contributed by atoms with Crippen molar-refractivity contribution in [3.8, 4) is 0 Å². The van der Waals surface area contributed by atoms with E-state index in [1.54, 1.807) is 17.0 Å². The molecule has 0 bridgehead atoms. The summed E-state index contributed by atoms with van der Waals surface area (Å²) in [5.41, 5.74) is 2.24. The fourth-order valence-corrected chi connectivity index (χ4v) is 3.29. The average molecular weight is 397 g/mol. The van der Waals surface area contributed by atoms with Gasteiger partial charge in [-0.1, -0.05) is 17.7 Å². The minimum absolute atomic E-state index is 0.0788. The zero-order valence-electron chi connectivity index (χ0n) is 16.5. The second-order valence-electron chi connectivity index (χ2n) is 6.53. The van der Waals surface area contributed by atoms with Gasteiger partial charge in [-0.3, -0.25) is 4.79 Å². The van der Waals surface area contributed by atoms with Crippen LogP contribution in [0.5, 0.6) is 0 Å². The van der Waals surface area contributed by atoms with E-state index in [0.717, 1.165) is 30.3 Å². The van der Waals surface area contributed by atoms with Crippen molar-refractivity contribution in [2.24, 2.45) is 7.05 Å². The second-order valence-corrected chi connectivity index (χ2v) is 6.97. The highest BCUT2D eigenvalue weighted by molar-refractivity contribution is 6.30. The maximum absolute atomic E-state index is 13.3. The molecule has 0 N–H and O–H groups in total. The fourth-order valence-electron chi connectivity index (χ4n) is 3.16. The summed E-state index contributed by atoms with van der Waals surface area (Å²) in [6.07, 6.45) is 1.87. The predicted octanol–water partition coefficient (Wildman–Crippen LogP) is 4.77. The first-order chi connectivity index (χ1) is 13.5. The van der Waals surface area contributed by atoms with Gasteiger partial charge in [0.05, 0.1) is 12.2 Å². The highest BCUT2D eigenvalue weighted by Gasteiger charge is 2.21. The average Bonchev–Trinajstić information content (AvgIpc) is 3.14. The summed E-state index contributed by atoms with van der Waals surface area (Å²) in [6, 6.07) is 16.9. The third-order valence-corrected chi connectivity index (χ3v) is 5.00. The summed E-state index contributed by atoms with van der Waals surface area (Å²) in [6.45, 7) is 6.36. The predicted molar refractivity (Wildman–Crippen MR) is 115 cm³/mol. The van der Waals surface area contributed by atoms with Gasteiger partial charge in [0.2, 0.25) is 0 Å². The van der Waals surface area contributed by atoms with Crippen LogP contribution in [0.15, 0.2) is 60.8 Å². The van der Waals surface area contributed by atoms with Crippen molar-refractivity contribution in [1.82, 2.24) is 9.55 Å². The van der Waals surface area contributed by atoms with E-state index in [4.69, 9.17) is 16.6 Å². The summed E-state index contributed by atoms with van der Waals surface area (Å²) in [7, 11) is 1.87. The number of hydrogen-bond donors (Lipinski definition) is 0. The summed E-state index contributed by atoms with van der Waals surface area (Å²) in [4.78, 5) is 22.0. The first-order valence-corrected chi connectivity index (χ1v) is 9.81. The first kappa shape index (κ1) is 20.0. The quantitative estimate of drug-likeness (QED) is 0.577. The van der Waals surface area contributed by atoms with E-state index in [1.165, 1.54) is 0 Å². The third kappa shape index (κ3) is 4.37. The zero-order chi connectivity index (χ0) is 20.1. The molecule has 1 aromatic carbocycles. The monoisotopic (exact) mass is 396 g/mol. The van der Waals surface area contributed by atoms with Crippen molar-refractivity contribution in [2.75, 3.05) is 22.9 Å². The van der Waals surface area contributed by atoms with E-state index in [0.29, 0.717) is 17.3 Å². The molecule has 2 heterocycles. The number of pyridine rings is 1. The van der Waals surface area contributed by atoms with Gasteiger partial charge in [-0.2, -0.15) is 0 Å². The molecule has 3 aromatic rings. The molecule has 2 aromatic heterocycles.